The highest BCUT2D eigenvalue weighted by Crippen LogP contribution is 2.40. The van der Waals surface area contributed by atoms with Gasteiger partial charge in [0.25, 0.3) is 0 Å². The van der Waals surface area contributed by atoms with E-state index in [1.54, 1.807) is 7.11 Å². The number of methoxy groups -OCH3 is 1. The zero-order chi connectivity index (χ0) is 18.9. The Morgan fingerprint density at radius 3 is 2.61 bits per heavy atom. The lowest BCUT2D eigenvalue weighted by atomic mass is 9.86. The third-order valence-electron chi connectivity index (χ3n) is 5.98. The minimum atomic E-state index is 0.298. The predicted octanol–water partition coefficient (Wildman–Crippen LogP) is 4.91. The molecule has 1 saturated heterocycles. The molecule has 1 fully saturated rings. The third-order valence-corrected chi connectivity index (χ3v) is 5.98. The van der Waals surface area contributed by atoms with E-state index in [1.807, 2.05) is 0 Å². The molecular formula is C25H25NO2. The molecule has 2 aliphatic rings. The van der Waals surface area contributed by atoms with Crippen molar-refractivity contribution < 1.29 is 9.47 Å². The van der Waals surface area contributed by atoms with Gasteiger partial charge in [-0.25, -0.2) is 0 Å². The Labute approximate surface area is 166 Å². The van der Waals surface area contributed by atoms with Gasteiger partial charge in [-0.05, 0) is 34.4 Å². The van der Waals surface area contributed by atoms with Crippen molar-refractivity contribution in [3.63, 3.8) is 0 Å². The fourth-order valence-electron chi connectivity index (χ4n) is 4.64. The van der Waals surface area contributed by atoms with Crippen molar-refractivity contribution in [3.05, 3.63) is 83.9 Å². The van der Waals surface area contributed by atoms with Crippen LogP contribution in [0.15, 0.2) is 72.8 Å². The lowest BCUT2D eigenvalue weighted by molar-refractivity contribution is -0.0402. The highest BCUT2D eigenvalue weighted by atomic mass is 16.5. The summed E-state index contributed by atoms with van der Waals surface area (Å²) < 4.78 is 11.7. The van der Waals surface area contributed by atoms with Gasteiger partial charge in [0.15, 0.2) is 0 Å². The normalized spacial score (nSPS) is 22.1. The van der Waals surface area contributed by atoms with Crippen LogP contribution in [-0.2, 0) is 11.3 Å². The molecule has 3 nitrogen and oxygen atoms in total. The molecule has 5 rings (SSSR count). The first-order valence-corrected chi connectivity index (χ1v) is 9.97. The maximum Gasteiger partial charge on any atom is 0.126 e. The number of hydrogen-bond donors (Lipinski definition) is 0. The summed E-state index contributed by atoms with van der Waals surface area (Å²) >= 11 is 0. The smallest absolute Gasteiger partial charge is 0.126 e. The van der Waals surface area contributed by atoms with Gasteiger partial charge in [0.2, 0.25) is 0 Å². The van der Waals surface area contributed by atoms with E-state index in [-0.39, 0.29) is 0 Å². The van der Waals surface area contributed by atoms with Crippen molar-refractivity contribution in [3.8, 4) is 5.75 Å². The van der Waals surface area contributed by atoms with Crippen molar-refractivity contribution in [2.75, 3.05) is 20.3 Å². The molecule has 2 atom stereocenters. The van der Waals surface area contributed by atoms with Crippen molar-refractivity contribution >= 4 is 16.3 Å². The Morgan fingerprint density at radius 2 is 1.79 bits per heavy atom. The fourth-order valence-corrected chi connectivity index (χ4v) is 4.64. The minimum Gasteiger partial charge on any atom is -0.496 e. The van der Waals surface area contributed by atoms with Gasteiger partial charge in [0.1, 0.15) is 5.75 Å². The van der Waals surface area contributed by atoms with Crippen LogP contribution in [0.3, 0.4) is 0 Å². The van der Waals surface area contributed by atoms with Crippen LogP contribution in [0.4, 0.5) is 0 Å². The third kappa shape index (κ3) is 3.11. The van der Waals surface area contributed by atoms with E-state index in [9.17, 15) is 0 Å². The molecule has 3 aromatic carbocycles. The van der Waals surface area contributed by atoms with Gasteiger partial charge in [-0.15, -0.1) is 0 Å². The highest BCUT2D eigenvalue weighted by molar-refractivity contribution is 5.97. The van der Waals surface area contributed by atoms with Crippen LogP contribution in [0.1, 0.15) is 17.5 Å². The van der Waals surface area contributed by atoms with Crippen molar-refractivity contribution in [1.29, 1.82) is 0 Å². The predicted molar refractivity (Wildman–Crippen MR) is 113 cm³/mol. The largest absolute Gasteiger partial charge is 0.496 e. The van der Waals surface area contributed by atoms with Crippen LogP contribution < -0.4 is 4.74 Å². The van der Waals surface area contributed by atoms with Gasteiger partial charge >= 0.3 is 0 Å². The van der Waals surface area contributed by atoms with Crippen LogP contribution in [0, 0.1) is 0 Å². The van der Waals surface area contributed by atoms with E-state index in [0.29, 0.717) is 12.1 Å². The summed E-state index contributed by atoms with van der Waals surface area (Å²) in [6.45, 7) is 2.50. The molecule has 3 heteroatoms. The van der Waals surface area contributed by atoms with Crippen molar-refractivity contribution in [2.24, 2.45) is 0 Å². The van der Waals surface area contributed by atoms with E-state index in [4.69, 9.17) is 9.47 Å². The molecule has 2 unspecified atom stereocenters. The van der Waals surface area contributed by atoms with Gasteiger partial charge in [-0.1, -0.05) is 66.7 Å². The van der Waals surface area contributed by atoms with Gasteiger partial charge in [-0.2, -0.15) is 0 Å². The molecule has 2 bridgehead atoms. The first-order chi connectivity index (χ1) is 13.8. The van der Waals surface area contributed by atoms with Crippen LogP contribution in [-0.4, -0.2) is 37.3 Å². The number of nitrogens with zero attached hydrogens (tertiary/aromatic N) is 1. The van der Waals surface area contributed by atoms with E-state index < -0.39 is 0 Å². The molecule has 142 valence electrons. The van der Waals surface area contributed by atoms with Crippen molar-refractivity contribution in [2.45, 2.75) is 25.0 Å². The van der Waals surface area contributed by atoms with Crippen LogP contribution in [0.2, 0.25) is 0 Å². The molecule has 0 amide bonds. The molecular weight excluding hydrogens is 346 g/mol. The van der Waals surface area contributed by atoms with Gasteiger partial charge in [-0.3, -0.25) is 4.90 Å². The average molecular weight is 371 g/mol. The molecule has 0 spiro atoms. The number of ether oxygens (including phenoxy) is 2. The summed E-state index contributed by atoms with van der Waals surface area (Å²) in [6, 6.07) is 24.3. The Bertz CT molecular complexity index is 1010. The standard InChI is InChI=1S/C25H25NO2/c1-27-24-12-11-19-9-5-6-10-23(19)25(24)20-13-21-16-28-17-22(14-20)26(21)15-18-7-3-2-4-8-18/h2-13,21-22H,14-17H2,1H3. The van der Waals surface area contributed by atoms with Gasteiger partial charge < -0.3 is 9.47 Å². The zero-order valence-corrected chi connectivity index (χ0v) is 16.2. The molecule has 0 aliphatic carbocycles. The van der Waals surface area contributed by atoms with Gasteiger partial charge in [0.05, 0.1) is 26.4 Å². The second-order valence-electron chi connectivity index (χ2n) is 7.68. The van der Waals surface area contributed by atoms with Gasteiger partial charge in [0, 0.05) is 18.2 Å². The molecule has 2 heterocycles. The molecule has 2 aliphatic heterocycles. The number of fused-ring (bicyclic) bond motifs is 3. The quantitative estimate of drug-likeness (QED) is 0.651. The van der Waals surface area contributed by atoms with Crippen LogP contribution in [0.5, 0.6) is 5.75 Å². The topological polar surface area (TPSA) is 21.7 Å². The Hall–Kier alpha value is -2.62. The Morgan fingerprint density at radius 1 is 0.964 bits per heavy atom. The Kier molecular flexibility index (Phi) is 4.63. The number of hydrogen-bond acceptors (Lipinski definition) is 3. The lowest BCUT2D eigenvalue weighted by Crippen LogP contribution is -2.53. The maximum atomic E-state index is 5.92. The van der Waals surface area contributed by atoms with Crippen LogP contribution >= 0.6 is 0 Å². The summed E-state index contributed by atoms with van der Waals surface area (Å²) in [7, 11) is 1.77. The highest BCUT2D eigenvalue weighted by Gasteiger charge is 2.35. The molecule has 3 aromatic rings. The SMILES string of the molecule is COc1ccc2ccccc2c1C1=CC2COCC(C1)N2Cc1ccccc1. The number of morpholine rings is 1. The minimum absolute atomic E-state index is 0.298. The number of benzene rings is 3. The first-order valence-electron chi connectivity index (χ1n) is 9.97. The second-order valence-corrected chi connectivity index (χ2v) is 7.68. The maximum absolute atomic E-state index is 5.92. The summed E-state index contributed by atoms with van der Waals surface area (Å²) in [6.07, 6.45) is 3.39. The van der Waals surface area contributed by atoms with E-state index in [0.717, 1.165) is 31.9 Å². The summed E-state index contributed by atoms with van der Waals surface area (Å²) in [5.41, 5.74) is 3.99. The average Bonchev–Trinajstić information content (AvgIpc) is 2.73. The van der Waals surface area contributed by atoms with E-state index in [2.05, 4.69) is 77.7 Å². The molecule has 0 radical (unpaired) electrons. The Balaban J connectivity index is 1.55. The monoisotopic (exact) mass is 371 g/mol. The second kappa shape index (κ2) is 7.42. The van der Waals surface area contributed by atoms with E-state index >= 15 is 0 Å². The molecule has 0 N–H and O–H groups in total. The summed E-state index contributed by atoms with van der Waals surface area (Å²) in [4.78, 5) is 2.60. The zero-order valence-electron chi connectivity index (χ0n) is 16.2. The van der Waals surface area contributed by atoms with Crippen molar-refractivity contribution in [1.82, 2.24) is 4.90 Å². The van der Waals surface area contributed by atoms with Crippen LogP contribution in [0.25, 0.3) is 16.3 Å². The lowest BCUT2D eigenvalue weighted by Gasteiger charge is -2.45. The first kappa shape index (κ1) is 17.5. The summed E-state index contributed by atoms with van der Waals surface area (Å²) in [5.74, 6) is 0.959. The molecule has 28 heavy (non-hydrogen) atoms. The molecule has 0 aromatic heterocycles. The number of rotatable bonds is 4. The van der Waals surface area contributed by atoms with E-state index in [1.165, 1.54) is 27.5 Å². The fraction of sp³-hybridized carbons (Fsp3) is 0.280. The summed E-state index contributed by atoms with van der Waals surface area (Å²) in [5, 5.41) is 2.52. The molecule has 0 saturated carbocycles.